The SMILES string of the molecule is C[C@H](c1ccccc1)c1nccn1CCCN1CCOCC1. The van der Waals surface area contributed by atoms with Crippen molar-refractivity contribution in [2.45, 2.75) is 25.8 Å². The summed E-state index contributed by atoms with van der Waals surface area (Å²) in [5, 5.41) is 0. The molecule has 0 saturated carbocycles. The third kappa shape index (κ3) is 3.76. The Morgan fingerprint density at radius 2 is 1.91 bits per heavy atom. The Labute approximate surface area is 132 Å². The van der Waals surface area contributed by atoms with Gasteiger partial charge in [0, 0.05) is 44.5 Å². The van der Waals surface area contributed by atoms with Crippen molar-refractivity contribution < 1.29 is 4.74 Å². The molecule has 0 bridgehead atoms. The number of aromatic nitrogens is 2. The number of rotatable bonds is 6. The molecule has 1 fully saturated rings. The summed E-state index contributed by atoms with van der Waals surface area (Å²) in [6.45, 7) is 8.29. The number of benzene rings is 1. The Morgan fingerprint density at radius 3 is 2.68 bits per heavy atom. The predicted molar refractivity (Wildman–Crippen MR) is 88.1 cm³/mol. The molecule has 1 aromatic heterocycles. The molecule has 0 amide bonds. The van der Waals surface area contributed by atoms with E-state index >= 15 is 0 Å². The third-order valence-corrected chi connectivity index (χ3v) is 4.41. The lowest BCUT2D eigenvalue weighted by atomic mass is 10.0. The second kappa shape index (κ2) is 7.56. The fourth-order valence-electron chi connectivity index (χ4n) is 3.07. The molecule has 1 saturated heterocycles. The minimum Gasteiger partial charge on any atom is -0.379 e. The molecule has 1 atom stereocenters. The van der Waals surface area contributed by atoms with Gasteiger partial charge in [0.1, 0.15) is 5.82 Å². The summed E-state index contributed by atoms with van der Waals surface area (Å²) in [5.74, 6) is 1.49. The highest BCUT2D eigenvalue weighted by atomic mass is 16.5. The minimum absolute atomic E-state index is 0.333. The maximum atomic E-state index is 5.39. The van der Waals surface area contributed by atoms with Crippen LogP contribution in [0, 0.1) is 0 Å². The van der Waals surface area contributed by atoms with Crippen LogP contribution in [0.25, 0.3) is 0 Å². The Morgan fingerprint density at radius 1 is 1.14 bits per heavy atom. The molecular weight excluding hydrogens is 274 g/mol. The number of ether oxygens (including phenoxy) is 1. The fourth-order valence-corrected chi connectivity index (χ4v) is 3.07. The highest BCUT2D eigenvalue weighted by Crippen LogP contribution is 2.22. The zero-order valence-corrected chi connectivity index (χ0v) is 13.3. The lowest BCUT2D eigenvalue weighted by Gasteiger charge is -2.26. The first-order chi connectivity index (χ1) is 10.8. The average Bonchev–Trinajstić information content (AvgIpc) is 3.04. The molecule has 4 nitrogen and oxygen atoms in total. The maximum Gasteiger partial charge on any atom is 0.115 e. The van der Waals surface area contributed by atoms with Gasteiger partial charge < -0.3 is 9.30 Å². The van der Waals surface area contributed by atoms with E-state index in [2.05, 4.69) is 57.9 Å². The molecule has 0 N–H and O–H groups in total. The predicted octanol–water partition coefficient (Wildman–Crippen LogP) is 2.76. The first kappa shape index (κ1) is 15.3. The molecule has 1 aliphatic rings. The van der Waals surface area contributed by atoms with E-state index in [1.54, 1.807) is 0 Å². The van der Waals surface area contributed by atoms with Crippen LogP contribution >= 0.6 is 0 Å². The molecule has 1 aliphatic heterocycles. The van der Waals surface area contributed by atoms with Crippen LogP contribution in [-0.4, -0.2) is 47.3 Å². The van der Waals surface area contributed by atoms with Crippen LogP contribution in [0.1, 0.15) is 30.7 Å². The van der Waals surface area contributed by atoms with Crippen LogP contribution in [0.5, 0.6) is 0 Å². The van der Waals surface area contributed by atoms with Crippen molar-refractivity contribution in [3.05, 3.63) is 54.1 Å². The number of aryl methyl sites for hydroxylation is 1. The lowest BCUT2D eigenvalue weighted by Crippen LogP contribution is -2.37. The molecule has 3 rings (SSSR count). The van der Waals surface area contributed by atoms with Crippen LogP contribution in [0.4, 0.5) is 0 Å². The summed E-state index contributed by atoms with van der Waals surface area (Å²) >= 11 is 0. The molecule has 1 aromatic carbocycles. The summed E-state index contributed by atoms with van der Waals surface area (Å²) in [5.41, 5.74) is 1.32. The number of hydrogen-bond acceptors (Lipinski definition) is 3. The van der Waals surface area contributed by atoms with E-state index in [0.29, 0.717) is 5.92 Å². The number of hydrogen-bond donors (Lipinski definition) is 0. The molecule has 2 heterocycles. The molecular formula is C18H25N3O. The molecule has 22 heavy (non-hydrogen) atoms. The van der Waals surface area contributed by atoms with Gasteiger partial charge in [-0.3, -0.25) is 4.90 Å². The van der Waals surface area contributed by atoms with E-state index in [0.717, 1.165) is 51.6 Å². The van der Waals surface area contributed by atoms with Gasteiger partial charge in [-0.15, -0.1) is 0 Å². The minimum atomic E-state index is 0.333. The smallest absolute Gasteiger partial charge is 0.115 e. The monoisotopic (exact) mass is 299 g/mol. The van der Waals surface area contributed by atoms with Gasteiger partial charge in [0.2, 0.25) is 0 Å². The zero-order valence-electron chi connectivity index (χ0n) is 13.3. The van der Waals surface area contributed by atoms with Gasteiger partial charge in [0.15, 0.2) is 0 Å². The van der Waals surface area contributed by atoms with Crippen LogP contribution < -0.4 is 0 Å². The van der Waals surface area contributed by atoms with E-state index in [1.807, 2.05) is 6.20 Å². The number of imidazole rings is 1. The first-order valence-electron chi connectivity index (χ1n) is 8.20. The maximum absolute atomic E-state index is 5.39. The van der Waals surface area contributed by atoms with Gasteiger partial charge in [0.05, 0.1) is 13.2 Å². The summed E-state index contributed by atoms with van der Waals surface area (Å²) in [6, 6.07) is 10.6. The molecule has 0 aliphatic carbocycles. The molecule has 0 radical (unpaired) electrons. The van der Waals surface area contributed by atoms with Crippen molar-refractivity contribution >= 4 is 0 Å². The normalized spacial score (nSPS) is 17.5. The zero-order chi connectivity index (χ0) is 15.2. The Bertz CT molecular complexity index is 561. The summed E-state index contributed by atoms with van der Waals surface area (Å²) in [7, 11) is 0. The average molecular weight is 299 g/mol. The fraction of sp³-hybridized carbons (Fsp3) is 0.500. The largest absolute Gasteiger partial charge is 0.379 e. The van der Waals surface area contributed by atoms with E-state index in [-0.39, 0.29) is 0 Å². The standard InChI is InChI=1S/C18H25N3O/c1-16(17-6-3-2-4-7-17)18-19-8-11-21(18)10-5-9-20-12-14-22-15-13-20/h2-4,6-8,11,16H,5,9-10,12-15H2,1H3/t16-/m1/s1. The van der Waals surface area contributed by atoms with Crippen molar-refractivity contribution in [3.63, 3.8) is 0 Å². The van der Waals surface area contributed by atoms with Crippen molar-refractivity contribution in [1.29, 1.82) is 0 Å². The Hall–Kier alpha value is -1.65. The summed E-state index contributed by atoms with van der Waals surface area (Å²) < 4.78 is 7.70. The van der Waals surface area contributed by atoms with Gasteiger partial charge >= 0.3 is 0 Å². The van der Waals surface area contributed by atoms with Gasteiger partial charge in [0.25, 0.3) is 0 Å². The van der Waals surface area contributed by atoms with Crippen LogP contribution in [0.3, 0.4) is 0 Å². The first-order valence-corrected chi connectivity index (χ1v) is 8.20. The molecule has 0 spiro atoms. The third-order valence-electron chi connectivity index (χ3n) is 4.41. The van der Waals surface area contributed by atoms with Gasteiger partial charge in [-0.2, -0.15) is 0 Å². The highest BCUT2D eigenvalue weighted by Gasteiger charge is 2.14. The van der Waals surface area contributed by atoms with E-state index in [4.69, 9.17) is 4.74 Å². The molecule has 118 valence electrons. The molecule has 2 aromatic rings. The Kier molecular flexibility index (Phi) is 5.24. The topological polar surface area (TPSA) is 30.3 Å². The second-order valence-corrected chi connectivity index (χ2v) is 5.92. The lowest BCUT2D eigenvalue weighted by molar-refractivity contribution is 0.0369. The summed E-state index contributed by atoms with van der Waals surface area (Å²) in [6.07, 6.45) is 5.18. The number of morpholine rings is 1. The summed E-state index contributed by atoms with van der Waals surface area (Å²) in [4.78, 5) is 7.07. The van der Waals surface area contributed by atoms with E-state index in [1.165, 1.54) is 5.56 Å². The van der Waals surface area contributed by atoms with Gasteiger partial charge in [-0.25, -0.2) is 4.98 Å². The molecule has 0 unspecified atom stereocenters. The van der Waals surface area contributed by atoms with Crippen molar-refractivity contribution in [2.24, 2.45) is 0 Å². The van der Waals surface area contributed by atoms with Crippen LogP contribution in [0.15, 0.2) is 42.7 Å². The van der Waals surface area contributed by atoms with Crippen molar-refractivity contribution in [1.82, 2.24) is 14.5 Å². The van der Waals surface area contributed by atoms with Gasteiger partial charge in [-0.1, -0.05) is 37.3 Å². The number of nitrogens with zero attached hydrogens (tertiary/aromatic N) is 3. The Balaban J connectivity index is 1.57. The van der Waals surface area contributed by atoms with Gasteiger partial charge in [-0.05, 0) is 12.0 Å². The van der Waals surface area contributed by atoms with E-state index in [9.17, 15) is 0 Å². The molecule has 4 heteroatoms. The highest BCUT2D eigenvalue weighted by molar-refractivity contribution is 5.24. The van der Waals surface area contributed by atoms with Crippen LogP contribution in [0.2, 0.25) is 0 Å². The second-order valence-electron chi connectivity index (χ2n) is 5.92. The van der Waals surface area contributed by atoms with E-state index < -0.39 is 0 Å². The van der Waals surface area contributed by atoms with Crippen molar-refractivity contribution in [2.75, 3.05) is 32.8 Å². The van der Waals surface area contributed by atoms with Crippen molar-refractivity contribution in [3.8, 4) is 0 Å². The quantitative estimate of drug-likeness (QED) is 0.821. The van der Waals surface area contributed by atoms with Crippen LogP contribution in [-0.2, 0) is 11.3 Å².